The first kappa shape index (κ1) is 7.74. The van der Waals surface area contributed by atoms with Crippen LogP contribution in [0.2, 0.25) is 0 Å². The standard InChI is InChI=1S/C9H7N3O/c10-5-7-6-12(7)9(13)8-3-1-2-4-11-8/h1-4,7H,6H2. The van der Waals surface area contributed by atoms with E-state index in [0.29, 0.717) is 12.2 Å². The first-order chi connectivity index (χ1) is 6.33. The van der Waals surface area contributed by atoms with Crippen LogP contribution < -0.4 is 0 Å². The summed E-state index contributed by atoms with van der Waals surface area (Å²) in [5.41, 5.74) is 0.403. The molecule has 4 heteroatoms. The fourth-order valence-corrected chi connectivity index (χ4v) is 1.11. The molecule has 1 unspecified atom stereocenters. The van der Waals surface area contributed by atoms with Crippen LogP contribution in [-0.2, 0) is 0 Å². The van der Waals surface area contributed by atoms with Gasteiger partial charge < -0.3 is 4.90 Å². The molecule has 0 saturated carbocycles. The molecule has 1 aromatic heterocycles. The Morgan fingerprint density at radius 1 is 1.69 bits per heavy atom. The topological polar surface area (TPSA) is 56.8 Å². The number of carbonyl (C=O) groups excluding carboxylic acids is 1. The van der Waals surface area contributed by atoms with Gasteiger partial charge in [0.2, 0.25) is 0 Å². The second-order valence-corrected chi connectivity index (χ2v) is 2.82. The molecule has 0 bridgehead atoms. The van der Waals surface area contributed by atoms with Gasteiger partial charge in [-0.25, -0.2) is 0 Å². The molecule has 0 aliphatic carbocycles. The summed E-state index contributed by atoms with van der Waals surface area (Å²) in [4.78, 5) is 16.9. The Morgan fingerprint density at radius 3 is 3.08 bits per heavy atom. The number of rotatable bonds is 1. The van der Waals surface area contributed by atoms with Crippen molar-refractivity contribution in [1.29, 1.82) is 5.26 Å². The van der Waals surface area contributed by atoms with E-state index in [2.05, 4.69) is 4.98 Å². The second kappa shape index (κ2) is 2.87. The molecule has 1 fully saturated rings. The van der Waals surface area contributed by atoms with Gasteiger partial charge in [-0.2, -0.15) is 5.26 Å². The van der Waals surface area contributed by atoms with E-state index in [9.17, 15) is 4.79 Å². The summed E-state index contributed by atoms with van der Waals surface area (Å²) >= 11 is 0. The molecule has 0 spiro atoms. The molecule has 0 aromatic carbocycles. The van der Waals surface area contributed by atoms with Crippen molar-refractivity contribution in [2.75, 3.05) is 6.54 Å². The van der Waals surface area contributed by atoms with Crippen molar-refractivity contribution in [2.45, 2.75) is 6.04 Å². The number of hydrogen-bond acceptors (Lipinski definition) is 3. The minimum atomic E-state index is -0.241. The van der Waals surface area contributed by atoms with Gasteiger partial charge in [0.25, 0.3) is 5.91 Å². The number of amides is 1. The first-order valence-electron chi connectivity index (χ1n) is 3.94. The van der Waals surface area contributed by atoms with Crippen LogP contribution in [0.3, 0.4) is 0 Å². The van der Waals surface area contributed by atoms with Crippen molar-refractivity contribution in [2.24, 2.45) is 0 Å². The molecular formula is C9H7N3O. The molecule has 0 radical (unpaired) electrons. The number of aromatic nitrogens is 1. The molecule has 4 nitrogen and oxygen atoms in total. The lowest BCUT2D eigenvalue weighted by Gasteiger charge is -1.98. The van der Waals surface area contributed by atoms with Crippen LogP contribution >= 0.6 is 0 Å². The van der Waals surface area contributed by atoms with Crippen molar-refractivity contribution in [3.63, 3.8) is 0 Å². The van der Waals surface area contributed by atoms with E-state index >= 15 is 0 Å². The summed E-state index contributed by atoms with van der Waals surface area (Å²) in [5.74, 6) is -0.160. The predicted molar refractivity (Wildman–Crippen MR) is 44.7 cm³/mol. The van der Waals surface area contributed by atoms with Crippen molar-refractivity contribution in [1.82, 2.24) is 9.88 Å². The lowest BCUT2D eigenvalue weighted by molar-refractivity contribution is 0.0874. The van der Waals surface area contributed by atoms with Crippen LogP contribution in [0.1, 0.15) is 10.5 Å². The fourth-order valence-electron chi connectivity index (χ4n) is 1.11. The molecular weight excluding hydrogens is 166 g/mol. The summed E-state index contributed by atoms with van der Waals surface area (Å²) in [5, 5.41) is 8.51. The molecule has 1 saturated heterocycles. The van der Waals surface area contributed by atoms with Crippen LogP contribution in [0.4, 0.5) is 0 Å². The highest BCUT2D eigenvalue weighted by Crippen LogP contribution is 2.18. The smallest absolute Gasteiger partial charge is 0.273 e. The van der Waals surface area contributed by atoms with Crippen LogP contribution in [0.5, 0.6) is 0 Å². The third-order valence-corrected chi connectivity index (χ3v) is 1.91. The van der Waals surface area contributed by atoms with Gasteiger partial charge in [-0.1, -0.05) is 6.07 Å². The maximum Gasteiger partial charge on any atom is 0.273 e. The van der Waals surface area contributed by atoms with E-state index < -0.39 is 0 Å². The molecule has 2 rings (SSSR count). The van der Waals surface area contributed by atoms with Gasteiger partial charge in [-0.05, 0) is 12.1 Å². The van der Waals surface area contributed by atoms with Gasteiger partial charge in [-0.15, -0.1) is 0 Å². The summed E-state index contributed by atoms with van der Waals surface area (Å²) in [6.45, 7) is 0.534. The van der Waals surface area contributed by atoms with E-state index in [-0.39, 0.29) is 11.9 Å². The van der Waals surface area contributed by atoms with Gasteiger partial charge >= 0.3 is 0 Å². The summed E-state index contributed by atoms with van der Waals surface area (Å²) in [7, 11) is 0. The molecule has 13 heavy (non-hydrogen) atoms. The van der Waals surface area contributed by atoms with Gasteiger partial charge in [0.15, 0.2) is 0 Å². The SMILES string of the molecule is N#CC1CN1C(=O)c1ccccn1. The highest BCUT2D eigenvalue weighted by molar-refractivity contribution is 5.94. The summed E-state index contributed by atoms with van der Waals surface area (Å²) in [6, 6.07) is 6.93. The monoisotopic (exact) mass is 173 g/mol. The quantitative estimate of drug-likeness (QED) is 0.578. The van der Waals surface area contributed by atoms with Crippen LogP contribution in [0.25, 0.3) is 0 Å². The lowest BCUT2D eigenvalue weighted by atomic mass is 10.3. The van der Waals surface area contributed by atoms with Crippen molar-refractivity contribution in [3.05, 3.63) is 30.1 Å². The maximum atomic E-state index is 11.5. The Labute approximate surface area is 75.4 Å². The van der Waals surface area contributed by atoms with Gasteiger partial charge in [-0.3, -0.25) is 9.78 Å². The molecule has 2 heterocycles. The number of nitriles is 1. The summed E-state index contributed by atoms with van der Waals surface area (Å²) < 4.78 is 0. The lowest BCUT2D eigenvalue weighted by Crippen LogP contribution is -2.14. The predicted octanol–water partition coefficient (Wildman–Crippen LogP) is 0.430. The van der Waals surface area contributed by atoms with E-state index in [1.165, 1.54) is 4.90 Å². The Balaban J connectivity index is 2.13. The molecule has 1 amide bonds. The zero-order valence-electron chi connectivity index (χ0n) is 6.84. The number of carbonyl (C=O) groups is 1. The van der Waals surface area contributed by atoms with Gasteiger partial charge in [0, 0.05) is 6.20 Å². The molecule has 1 aliphatic heterocycles. The number of pyridine rings is 1. The van der Waals surface area contributed by atoms with E-state index in [1.807, 2.05) is 6.07 Å². The maximum absolute atomic E-state index is 11.5. The Kier molecular flexibility index (Phi) is 1.71. The molecule has 1 aliphatic rings. The molecule has 0 N–H and O–H groups in total. The first-order valence-corrected chi connectivity index (χ1v) is 3.94. The third-order valence-electron chi connectivity index (χ3n) is 1.91. The van der Waals surface area contributed by atoms with Crippen molar-refractivity contribution < 1.29 is 4.79 Å². The molecule has 1 aromatic rings. The normalized spacial score (nSPS) is 19.3. The second-order valence-electron chi connectivity index (χ2n) is 2.82. The average Bonchev–Trinajstić information content (AvgIpc) is 2.97. The van der Waals surface area contributed by atoms with Crippen LogP contribution in [0, 0.1) is 11.3 Å². The van der Waals surface area contributed by atoms with Gasteiger partial charge in [0.05, 0.1) is 12.6 Å². The number of nitrogens with zero attached hydrogens (tertiary/aromatic N) is 3. The fraction of sp³-hybridized carbons (Fsp3) is 0.222. The third kappa shape index (κ3) is 1.36. The molecule has 64 valence electrons. The van der Waals surface area contributed by atoms with E-state index in [4.69, 9.17) is 5.26 Å². The minimum Gasteiger partial charge on any atom is -0.316 e. The Bertz CT molecular complexity index is 368. The van der Waals surface area contributed by atoms with Gasteiger partial charge in [0.1, 0.15) is 11.7 Å². The van der Waals surface area contributed by atoms with E-state index in [1.54, 1.807) is 24.4 Å². The Morgan fingerprint density at radius 2 is 2.54 bits per heavy atom. The van der Waals surface area contributed by atoms with Crippen LogP contribution in [-0.4, -0.2) is 28.4 Å². The van der Waals surface area contributed by atoms with Crippen molar-refractivity contribution in [3.8, 4) is 6.07 Å². The minimum absolute atomic E-state index is 0.160. The van der Waals surface area contributed by atoms with Crippen LogP contribution in [0.15, 0.2) is 24.4 Å². The Hall–Kier alpha value is -1.89. The highest BCUT2D eigenvalue weighted by atomic mass is 16.2. The highest BCUT2D eigenvalue weighted by Gasteiger charge is 2.39. The zero-order valence-corrected chi connectivity index (χ0v) is 6.84. The van der Waals surface area contributed by atoms with E-state index in [0.717, 1.165) is 0 Å². The summed E-state index contributed by atoms with van der Waals surface area (Å²) in [6.07, 6.45) is 1.57. The number of hydrogen-bond donors (Lipinski definition) is 0. The van der Waals surface area contributed by atoms with Crippen molar-refractivity contribution >= 4 is 5.91 Å². The average molecular weight is 173 g/mol. The largest absolute Gasteiger partial charge is 0.316 e. The molecule has 1 atom stereocenters. The zero-order chi connectivity index (χ0) is 9.26.